The summed E-state index contributed by atoms with van der Waals surface area (Å²) in [5, 5.41) is 9.98. The van der Waals surface area contributed by atoms with Gasteiger partial charge >= 0.3 is 0 Å². The van der Waals surface area contributed by atoms with Crippen molar-refractivity contribution >= 4 is 0 Å². The predicted molar refractivity (Wildman–Crippen MR) is 70.5 cm³/mol. The molecule has 0 radical (unpaired) electrons. The molecule has 2 rings (SSSR count). The Labute approximate surface area is 104 Å². The van der Waals surface area contributed by atoms with E-state index in [4.69, 9.17) is 0 Å². The Kier molecular flexibility index (Phi) is 4.64. The lowest BCUT2D eigenvalue weighted by atomic mass is 9.97. The third-order valence-electron chi connectivity index (χ3n) is 3.52. The molecule has 90 valence electrons. The molecule has 0 amide bonds. The zero-order valence-electron chi connectivity index (χ0n) is 10.2. The van der Waals surface area contributed by atoms with Gasteiger partial charge in [0.05, 0.1) is 6.10 Å². The highest BCUT2D eigenvalue weighted by Gasteiger charge is 2.22. The highest BCUT2D eigenvalue weighted by Crippen LogP contribution is 2.29. The van der Waals surface area contributed by atoms with Crippen molar-refractivity contribution in [2.24, 2.45) is 5.92 Å². The van der Waals surface area contributed by atoms with Crippen molar-refractivity contribution in [3.05, 3.63) is 35.9 Å². The summed E-state index contributed by atoms with van der Waals surface area (Å²) in [4.78, 5) is 0. The fourth-order valence-corrected chi connectivity index (χ4v) is 2.48. The lowest BCUT2D eigenvalue weighted by Gasteiger charge is -2.15. The van der Waals surface area contributed by atoms with Crippen molar-refractivity contribution in [2.45, 2.75) is 44.6 Å². The highest BCUT2D eigenvalue weighted by molar-refractivity contribution is 5.33. The van der Waals surface area contributed by atoms with E-state index in [1.165, 1.54) is 25.7 Å². The molecule has 1 saturated carbocycles. The van der Waals surface area contributed by atoms with Crippen LogP contribution in [0.15, 0.2) is 30.3 Å². The Hall–Kier alpha value is -1.26. The third kappa shape index (κ3) is 3.91. The van der Waals surface area contributed by atoms with Crippen molar-refractivity contribution in [2.75, 3.05) is 0 Å². The number of hydrogen-bond acceptors (Lipinski definition) is 1. The number of benzene rings is 1. The molecule has 1 aromatic carbocycles. The lowest BCUT2D eigenvalue weighted by Crippen LogP contribution is -2.16. The van der Waals surface area contributed by atoms with Gasteiger partial charge in [0.1, 0.15) is 0 Å². The van der Waals surface area contributed by atoms with E-state index in [-0.39, 0.29) is 6.10 Å². The number of hydrogen-bond donors (Lipinski definition) is 1. The molecule has 0 aromatic heterocycles. The monoisotopic (exact) mass is 228 g/mol. The van der Waals surface area contributed by atoms with Gasteiger partial charge < -0.3 is 5.11 Å². The van der Waals surface area contributed by atoms with Crippen molar-refractivity contribution in [3.63, 3.8) is 0 Å². The van der Waals surface area contributed by atoms with Gasteiger partial charge in [0, 0.05) is 12.0 Å². The Balaban J connectivity index is 1.74. The van der Waals surface area contributed by atoms with Crippen molar-refractivity contribution < 1.29 is 5.11 Å². The summed E-state index contributed by atoms with van der Waals surface area (Å²) in [6.45, 7) is 0. The molecule has 1 aliphatic carbocycles. The number of aliphatic hydroxyl groups is 1. The molecule has 1 heteroatoms. The summed E-state index contributed by atoms with van der Waals surface area (Å²) >= 11 is 0. The van der Waals surface area contributed by atoms with E-state index < -0.39 is 0 Å². The van der Waals surface area contributed by atoms with Crippen molar-refractivity contribution in [1.82, 2.24) is 0 Å². The van der Waals surface area contributed by atoms with Crippen LogP contribution in [-0.4, -0.2) is 11.2 Å². The normalized spacial score (nSPS) is 17.5. The van der Waals surface area contributed by atoms with Crippen LogP contribution in [-0.2, 0) is 0 Å². The highest BCUT2D eigenvalue weighted by atomic mass is 16.3. The fraction of sp³-hybridized carbons (Fsp3) is 0.500. The van der Waals surface area contributed by atoms with E-state index in [0.717, 1.165) is 18.4 Å². The van der Waals surface area contributed by atoms with E-state index in [1.807, 2.05) is 30.3 Å². The maximum absolute atomic E-state index is 9.98. The third-order valence-corrected chi connectivity index (χ3v) is 3.52. The number of rotatable bonds is 3. The van der Waals surface area contributed by atoms with Gasteiger partial charge in [-0.2, -0.15) is 0 Å². The first-order valence-electron chi connectivity index (χ1n) is 6.58. The molecular weight excluding hydrogens is 208 g/mol. The fourth-order valence-electron chi connectivity index (χ4n) is 2.48. The molecule has 0 heterocycles. The topological polar surface area (TPSA) is 20.2 Å². The van der Waals surface area contributed by atoms with Crippen LogP contribution in [0.3, 0.4) is 0 Å². The summed E-state index contributed by atoms with van der Waals surface area (Å²) in [6.07, 6.45) is 6.47. The van der Waals surface area contributed by atoms with Crippen LogP contribution in [0.25, 0.3) is 0 Å². The molecule has 0 aliphatic heterocycles. The minimum Gasteiger partial charge on any atom is -0.393 e. The lowest BCUT2D eigenvalue weighted by molar-refractivity contribution is 0.103. The summed E-state index contributed by atoms with van der Waals surface area (Å²) in [6, 6.07) is 10.0. The summed E-state index contributed by atoms with van der Waals surface area (Å²) in [5.41, 5.74) is 1.06. The summed E-state index contributed by atoms with van der Waals surface area (Å²) in [5.74, 6) is 6.81. The van der Waals surface area contributed by atoms with Crippen molar-refractivity contribution in [3.8, 4) is 11.8 Å². The minimum atomic E-state index is -0.137. The Bertz CT molecular complexity index is 379. The van der Waals surface area contributed by atoms with Crippen LogP contribution < -0.4 is 0 Å². The first-order valence-corrected chi connectivity index (χ1v) is 6.58. The van der Waals surface area contributed by atoms with Crippen LogP contribution in [0.2, 0.25) is 0 Å². The van der Waals surface area contributed by atoms with Gasteiger partial charge in [-0.05, 0) is 37.3 Å². The molecule has 0 bridgehead atoms. The number of aliphatic hydroxyl groups excluding tert-OH is 1. The van der Waals surface area contributed by atoms with Gasteiger partial charge in [-0.15, -0.1) is 0 Å². The molecule has 1 atom stereocenters. The van der Waals surface area contributed by atoms with Gasteiger partial charge in [-0.3, -0.25) is 0 Å². The van der Waals surface area contributed by atoms with Crippen LogP contribution >= 0.6 is 0 Å². The van der Waals surface area contributed by atoms with Gasteiger partial charge in [0.2, 0.25) is 0 Å². The van der Waals surface area contributed by atoms with Crippen LogP contribution in [0.4, 0.5) is 0 Å². The van der Waals surface area contributed by atoms with Gasteiger partial charge in [-0.1, -0.05) is 42.9 Å². The molecule has 0 spiro atoms. The standard InChI is InChI=1S/C16H20O/c17-16(15-11-5-6-12-15)13-7-4-10-14-8-2-1-3-9-14/h1-3,8-9,15-17H,5-7,11-13H2. The zero-order chi connectivity index (χ0) is 11.9. The zero-order valence-corrected chi connectivity index (χ0v) is 10.2. The molecular formula is C16H20O. The maximum atomic E-state index is 9.98. The van der Waals surface area contributed by atoms with Crippen molar-refractivity contribution in [1.29, 1.82) is 0 Å². The van der Waals surface area contributed by atoms with E-state index in [0.29, 0.717) is 5.92 Å². The molecule has 17 heavy (non-hydrogen) atoms. The Morgan fingerprint density at radius 3 is 2.59 bits per heavy atom. The van der Waals surface area contributed by atoms with Crippen LogP contribution in [0.5, 0.6) is 0 Å². The molecule has 1 aliphatic rings. The molecule has 1 aromatic rings. The SMILES string of the molecule is OC(CCC#Cc1ccccc1)C1CCCC1. The van der Waals surface area contributed by atoms with E-state index >= 15 is 0 Å². The van der Waals surface area contributed by atoms with E-state index in [2.05, 4.69) is 11.8 Å². The average molecular weight is 228 g/mol. The largest absolute Gasteiger partial charge is 0.393 e. The molecule has 1 nitrogen and oxygen atoms in total. The predicted octanol–water partition coefficient (Wildman–Crippen LogP) is 3.37. The minimum absolute atomic E-state index is 0.137. The Morgan fingerprint density at radius 2 is 1.88 bits per heavy atom. The first-order chi connectivity index (χ1) is 8.36. The van der Waals surface area contributed by atoms with Gasteiger partial charge in [0.25, 0.3) is 0 Å². The van der Waals surface area contributed by atoms with Gasteiger partial charge in [0.15, 0.2) is 0 Å². The smallest absolute Gasteiger partial charge is 0.0577 e. The molecule has 0 saturated heterocycles. The quantitative estimate of drug-likeness (QED) is 0.786. The molecule has 1 N–H and O–H groups in total. The summed E-state index contributed by atoms with van der Waals surface area (Å²) < 4.78 is 0. The molecule has 1 fully saturated rings. The second-order valence-electron chi connectivity index (χ2n) is 4.82. The second-order valence-corrected chi connectivity index (χ2v) is 4.82. The van der Waals surface area contributed by atoms with Gasteiger partial charge in [-0.25, -0.2) is 0 Å². The summed E-state index contributed by atoms with van der Waals surface area (Å²) in [7, 11) is 0. The van der Waals surface area contributed by atoms with Crippen LogP contribution in [0.1, 0.15) is 44.1 Å². The maximum Gasteiger partial charge on any atom is 0.0577 e. The average Bonchev–Trinajstić information content (AvgIpc) is 2.89. The van der Waals surface area contributed by atoms with E-state index in [1.54, 1.807) is 0 Å². The second kappa shape index (κ2) is 6.47. The van der Waals surface area contributed by atoms with E-state index in [9.17, 15) is 5.11 Å². The Morgan fingerprint density at radius 1 is 1.18 bits per heavy atom. The first kappa shape index (κ1) is 12.2. The van der Waals surface area contributed by atoms with Crippen LogP contribution in [0, 0.1) is 17.8 Å². The molecule has 1 unspecified atom stereocenters.